The molecule has 1 aromatic carbocycles. The average Bonchev–Trinajstić information content (AvgIpc) is 3.47. The van der Waals surface area contributed by atoms with E-state index in [0.29, 0.717) is 19.1 Å². The van der Waals surface area contributed by atoms with E-state index in [2.05, 4.69) is 33.0 Å². The summed E-state index contributed by atoms with van der Waals surface area (Å²) in [6.45, 7) is 10.1. The number of nitrogens with one attached hydrogen (secondary N) is 1. The molecule has 0 spiro atoms. The first-order valence-corrected chi connectivity index (χ1v) is 12.9. The van der Waals surface area contributed by atoms with Gasteiger partial charge in [0.25, 0.3) is 5.91 Å². The van der Waals surface area contributed by atoms with E-state index in [1.165, 1.54) is 4.88 Å². The van der Waals surface area contributed by atoms with Gasteiger partial charge in [0.15, 0.2) is 0 Å². The van der Waals surface area contributed by atoms with Gasteiger partial charge in [0.05, 0.1) is 25.0 Å². The first-order chi connectivity index (χ1) is 16.3. The van der Waals surface area contributed by atoms with Crippen LogP contribution in [0.1, 0.15) is 72.7 Å². The number of hydrogen-bond donors (Lipinski definition) is 1. The van der Waals surface area contributed by atoms with Crippen molar-refractivity contribution in [3.05, 3.63) is 70.0 Å². The van der Waals surface area contributed by atoms with Gasteiger partial charge < -0.3 is 14.5 Å². The van der Waals surface area contributed by atoms with Gasteiger partial charge in [-0.3, -0.25) is 4.79 Å². The van der Waals surface area contributed by atoms with Gasteiger partial charge in [0, 0.05) is 11.1 Å². The van der Waals surface area contributed by atoms with Gasteiger partial charge in [-0.15, -0.1) is 11.3 Å². The fourth-order valence-corrected chi connectivity index (χ4v) is 5.58. The number of aliphatic imine (C=N–C) groups is 1. The van der Waals surface area contributed by atoms with E-state index in [4.69, 9.17) is 14.1 Å². The van der Waals surface area contributed by atoms with E-state index in [0.717, 1.165) is 58.9 Å². The maximum Gasteiger partial charge on any atom is 0.255 e. The van der Waals surface area contributed by atoms with Crippen LogP contribution in [0.2, 0.25) is 0 Å². The largest absolute Gasteiger partial charge is 0.494 e. The van der Waals surface area contributed by atoms with Crippen LogP contribution in [-0.4, -0.2) is 18.7 Å². The minimum atomic E-state index is -0.0847. The Hall–Kier alpha value is -2.86. The fourth-order valence-electron chi connectivity index (χ4n) is 4.31. The number of thiophene rings is 1. The van der Waals surface area contributed by atoms with Crippen molar-refractivity contribution in [3.8, 4) is 5.75 Å². The molecule has 1 aliphatic carbocycles. The van der Waals surface area contributed by atoms with Gasteiger partial charge in [0.1, 0.15) is 16.5 Å². The van der Waals surface area contributed by atoms with Gasteiger partial charge in [0.2, 0.25) is 0 Å². The first kappa shape index (κ1) is 24.3. The van der Waals surface area contributed by atoms with Gasteiger partial charge >= 0.3 is 0 Å². The number of carbonyl (C=O) groups is 1. The molecule has 0 saturated carbocycles. The SMILES string of the molecule is CCCOc1ccc(C=Nc2sc3c(c2C(=O)NCc2ccco2)CC[C@H](C(C)(C)C)C3)cc1. The molecular formula is C28H34N2O3S. The van der Waals surface area contributed by atoms with Gasteiger partial charge in [-0.05, 0) is 84.5 Å². The van der Waals surface area contributed by atoms with Crippen LogP contribution in [0.3, 0.4) is 0 Å². The van der Waals surface area contributed by atoms with E-state index in [1.807, 2.05) is 42.6 Å². The van der Waals surface area contributed by atoms with Gasteiger partial charge in [-0.25, -0.2) is 4.99 Å². The molecule has 180 valence electrons. The molecule has 2 aromatic heterocycles. The number of hydrogen-bond acceptors (Lipinski definition) is 5. The second-order valence-electron chi connectivity index (χ2n) is 9.93. The minimum Gasteiger partial charge on any atom is -0.494 e. The molecule has 5 nitrogen and oxygen atoms in total. The maximum absolute atomic E-state index is 13.3. The molecule has 1 aliphatic rings. The van der Waals surface area contributed by atoms with Crippen molar-refractivity contribution in [2.75, 3.05) is 6.61 Å². The van der Waals surface area contributed by atoms with Crippen molar-refractivity contribution < 1.29 is 13.9 Å². The number of ether oxygens (including phenoxy) is 1. The number of rotatable bonds is 8. The highest BCUT2D eigenvalue weighted by atomic mass is 32.1. The Morgan fingerprint density at radius 3 is 2.74 bits per heavy atom. The Kier molecular flexibility index (Phi) is 7.57. The summed E-state index contributed by atoms with van der Waals surface area (Å²) in [5.41, 5.74) is 3.11. The number of benzene rings is 1. The highest BCUT2D eigenvalue weighted by Gasteiger charge is 2.33. The predicted octanol–water partition coefficient (Wildman–Crippen LogP) is 6.96. The topological polar surface area (TPSA) is 63.8 Å². The Balaban J connectivity index is 1.59. The molecule has 4 rings (SSSR count). The third kappa shape index (κ3) is 5.79. The summed E-state index contributed by atoms with van der Waals surface area (Å²) in [6, 6.07) is 11.6. The van der Waals surface area contributed by atoms with Crippen LogP contribution in [0.25, 0.3) is 0 Å². The lowest BCUT2D eigenvalue weighted by Gasteiger charge is -2.33. The number of nitrogens with zero attached hydrogens (tertiary/aromatic N) is 1. The maximum atomic E-state index is 13.3. The van der Waals surface area contributed by atoms with Gasteiger partial charge in [-0.1, -0.05) is 27.7 Å². The zero-order valence-electron chi connectivity index (χ0n) is 20.5. The second-order valence-corrected chi connectivity index (χ2v) is 11.0. The van der Waals surface area contributed by atoms with Crippen molar-refractivity contribution in [1.82, 2.24) is 5.32 Å². The van der Waals surface area contributed by atoms with Crippen LogP contribution in [0.4, 0.5) is 5.00 Å². The van der Waals surface area contributed by atoms with Crippen LogP contribution in [0, 0.1) is 11.3 Å². The zero-order valence-corrected chi connectivity index (χ0v) is 21.3. The lowest BCUT2D eigenvalue weighted by Crippen LogP contribution is -2.28. The smallest absolute Gasteiger partial charge is 0.255 e. The number of carbonyl (C=O) groups excluding carboxylic acids is 1. The summed E-state index contributed by atoms with van der Waals surface area (Å²) in [6.07, 6.45) is 7.44. The molecule has 1 amide bonds. The third-order valence-electron chi connectivity index (χ3n) is 6.39. The zero-order chi connectivity index (χ0) is 24.1. The summed E-state index contributed by atoms with van der Waals surface area (Å²) in [4.78, 5) is 19.4. The van der Waals surface area contributed by atoms with Crippen LogP contribution in [0.15, 0.2) is 52.1 Å². The monoisotopic (exact) mass is 478 g/mol. The van der Waals surface area contributed by atoms with Crippen LogP contribution < -0.4 is 10.1 Å². The molecule has 0 aliphatic heterocycles. The highest BCUT2D eigenvalue weighted by Crippen LogP contribution is 2.45. The third-order valence-corrected chi connectivity index (χ3v) is 7.55. The quantitative estimate of drug-likeness (QED) is 0.356. The van der Waals surface area contributed by atoms with Crippen molar-refractivity contribution in [2.24, 2.45) is 16.3 Å². The van der Waals surface area contributed by atoms with Crippen molar-refractivity contribution in [1.29, 1.82) is 0 Å². The Bertz CT molecular complexity index is 1120. The van der Waals surface area contributed by atoms with Crippen LogP contribution in [-0.2, 0) is 19.4 Å². The normalized spacial score (nSPS) is 15.9. The van der Waals surface area contributed by atoms with Crippen molar-refractivity contribution >= 4 is 28.5 Å². The Morgan fingerprint density at radius 1 is 1.26 bits per heavy atom. The molecule has 6 heteroatoms. The summed E-state index contributed by atoms with van der Waals surface area (Å²) < 4.78 is 11.1. The summed E-state index contributed by atoms with van der Waals surface area (Å²) in [5, 5.41) is 3.81. The van der Waals surface area contributed by atoms with Crippen LogP contribution >= 0.6 is 11.3 Å². The van der Waals surface area contributed by atoms with E-state index >= 15 is 0 Å². The first-order valence-electron chi connectivity index (χ1n) is 12.1. The van der Waals surface area contributed by atoms with E-state index in [-0.39, 0.29) is 11.3 Å². The molecule has 1 N–H and O–H groups in total. The summed E-state index contributed by atoms with van der Waals surface area (Å²) in [7, 11) is 0. The van der Waals surface area contributed by atoms with Gasteiger partial charge in [-0.2, -0.15) is 0 Å². The lowest BCUT2D eigenvalue weighted by atomic mass is 9.72. The number of furan rings is 1. The van der Waals surface area contributed by atoms with E-state index in [1.54, 1.807) is 17.6 Å². The Morgan fingerprint density at radius 2 is 2.06 bits per heavy atom. The van der Waals surface area contributed by atoms with Crippen molar-refractivity contribution in [3.63, 3.8) is 0 Å². The van der Waals surface area contributed by atoms with E-state index < -0.39 is 0 Å². The molecule has 0 radical (unpaired) electrons. The minimum absolute atomic E-state index is 0.0847. The second kappa shape index (κ2) is 10.6. The predicted molar refractivity (Wildman–Crippen MR) is 139 cm³/mol. The number of amides is 1. The molecule has 3 aromatic rings. The molecular weight excluding hydrogens is 444 g/mol. The summed E-state index contributed by atoms with van der Waals surface area (Å²) in [5.74, 6) is 2.11. The lowest BCUT2D eigenvalue weighted by molar-refractivity contribution is 0.0947. The standard InChI is InChI=1S/C28H34N2O3S/c1-5-14-32-21-11-8-19(9-12-21)17-30-27-25(26(31)29-18-22-7-6-15-33-22)23-13-10-20(28(2,3)4)16-24(23)34-27/h6-9,11-12,15,17,20H,5,10,13-14,16,18H2,1-4H3,(H,29,31)/t20-/m0/s1. The fraction of sp³-hybridized carbons (Fsp3) is 0.429. The van der Waals surface area contributed by atoms with E-state index in [9.17, 15) is 4.79 Å². The van der Waals surface area contributed by atoms with Crippen molar-refractivity contribution in [2.45, 2.75) is 59.9 Å². The molecule has 0 bridgehead atoms. The molecule has 0 fully saturated rings. The molecule has 34 heavy (non-hydrogen) atoms. The average molecular weight is 479 g/mol. The molecule has 0 saturated heterocycles. The van der Waals surface area contributed by atoms with Crippen LogP contribution in [0.5, 0.6) is 5.75 Å². The molecule has 1 atom stereocenters. The molecule has 0 unspecified atom stereocenters. The summed E-state index contributed by atoms with van der Waals surface area (Å²) >= 11 is 1.66. The highest BCUT2D eigenvalue weighted by molar-refractivity contribution is 7.16. The number of fused-ring (bicyclic) bond motifs is 1. The Labute approximate surface area is 206 Å². The molecule has 2 heterocycles.